The van der Waals surface area contributed by atoms with Crippen molar-refractivity contribution in [3.63, 3.8) is 0 Å². The van der Waals surface area contributed by atoms with Gasteiger partial charge in [0.1, 0.15) is 6.10 Å². The van der Waals surface area contributed by atoms with Gasteiger partial charge >= 0.3 is 6.09 Å². The maximum Gasteiger partial charge on any atom is 0.407 e. The van der Waals surface area contributed by atoms with Gasteiger partial charge in [-0.2, -0.15) is 0 Å². The standard InChI is InChI=1S/C26H32N2O2/c1-17-4-6-18(7-5-17)20-8-9-22-21(14-20)15-26(2,3)24(22)27-25(29)30-23-16-28-12-10-19(23)11-13-28/h4-9,14,19,23-24H,10-13,15-16H2,1-3H3,(H,27,29)/t23-,24?/m0/s1. The number of carbonyl (C=O) groups excluding carboxylic acids is 1. The number of piperidine rings is 3. The van der Waals surface area contributed by atoms with Crippen LogP contribution in [-0.4, -0.2) is 36.7 Å². The van der Waals surface area contributed by atoms with E-state index in [9.17, 15) is 4.79 Å². The Bertz CT molecular complexity index is 942. The molecule has 2 aromatic rings. The summed E-state index contributed by atoms with van der Waals surface area (Å²) >= 11 is 0. The maximum absolute atomic E-state index is 12.8. The largest absolute Gasteiger partial charge is 0.445 e. The number of amides is 1. The molecule has 1 unspecified atom stereocenters. The smallest absolute Gasteiger partial charge is 0.407 e. The third kappa shape index (κ3) is 3.62. The van der Waals surface area contributed by atoms with E-state index in [1.807, 2.05) is 0 Å². The van der Waals surface area contributed by atoms with Crippen LogP contribution in [0.2, 0.25) is 0 Å². The van der Waals surface area contributed by atoms with E-state index in [2.05, 4.69) is 73.5 Å². The van der Waals surface area contributed by atoms with E-state index in [-0.39, 0.29) is 23.7 Å². The third-order valence-electron chi connectivity index (χ3n) is 7.38. The minimum Gasteiger partial charge on any atom is -0.445 e. The second-order valence-corrected chi connectivity index (χ2v) is 10.1. The molecule has 0 spiro atoms. The van der Waals surface area contributed by atoms with Crippen LogP contribution < -0.4 is 5.32 Å². The highest BCUT2D eigenvalue weighted by Gasteiger charge is 2.42. The van der Waals surface area contributed by atoms with Gasteiger partial charge in [0.15, 0.2) is 0 Å². The van der Waals surface area contributed by atoms with E-state index in [0.29, 0.717) is 5.92 Å². The highest BCUT2D eigenvalue weighted by molar-refractivity contribution is 5.70. The number of rotatable bonds is 3. The fraction of sp³-hybridized carbons (Fsp3) is 0.500. The average Bonchev–Trinajstić information content (AvgIpc) is 2.98. The topological polar surface area (TPSA) is 41.6 Å². The molecule has 2 bridgehead atoms. The summed E-state index contributed by atoms with van der Waals surface area (Å²) in [7, 11) is 0. The maximum atomic E-state index is 12.8. The molecule has 2 aromatic carbocycles. The predicted molar refractivity (Wildman–Crippen MR) is 119 cm³/mol. The first-order chi connectivity index (χ1) is 14.4. The van der Waals surface area contributed by atoms with Crippen molar-refractivity contribution in [3.05, 3.63) is 59.2 Å². The summed E-state index contributed by atoms with van der Waals surface area (Å²) in [6, 6.07) is 15.3. The summed E-state index contributed by atoms with van der Waals surface area (Å²) < 4.78 is 5.91. The average molecular weight is 405 g/mol. The summed E-state index contributed by atoms with van der Waals surface area (Å²) in [4.78, 5) is 15.2. The summed E-state index contributed by atoms with van der Waals surface area (Å²) in [5.41, 5.74) is 6.25. The Hall–Kier alpha value is -2.33. The summed E-state index contributed by atoms with van der Waals surface area (Å²) in [5, 5.41) is 3.22. The van der Waals surface area contributed by atoms with Crippen LogP contribution in [0.4, 0.5) is 4.79 Å². The minimum absolute atomic E-state index is 0.0202. The summed E-state index contributed by atoms with van der Waals surface area (Å²) in [6.45, 7) is 9.77. The van der Waals surface area contributed by atoms with Gasteiger partial charge in [-0.15, -0.1) is 0 Å². The van der Waals surface area contributed by atoms with Gasteiger partial charge in [0, 0.05) is 6.54 Å². The molecule has 4 heteroatoms. The molecule has 3 saturated heterocycles. The molecule has 3 fully saturated rings. The SMILES string of the molecule is Cc1ccc(-c2ccc3c(c2)CC(C)(C)C3NC(=O)O[C@H]2CN3CCC2CC3)cc1. The van der Waals surface area contributed by atoms with Crippen LogP contribution in [0, 0.1) is 18.3 Å². The second kappa shape index (κ2) is 7.42. The van der Waals surface area contributed by atoms with E-state index in [0.717, 1.165) is 38.9 Å². The molecule has 4 aliphatic rings. The Morgan fingerprint density at radius 1 is 1.07 bits per heavy atom. The Morgan fingerprint density at radius 3 is 2.43 bits per heavy atom. The molecule has 3 aliphatic heterocycles. The molecular weight excluding hydrogens is 372 g/mol. The van der Waals surface area contributed by atoms with Crippen molar-refractivity contribution in [2.45, 2.75) is 52.2 Å². The lowest BCUT2D eigenvalue weighted by molar-refractivity contribution is -0.0348. The molecule has 30 heavy (non-hydrogen) atoms. The van der Waals surface area contributed by atoms with E-state index in [1.165, 1.54) is 27.8 Å². The predicted octanol–water partition coefficient (Wildman–Crippen LogP) is 5.11. The van der Waals surface area contributed by atoms with Crippen molar-refractivity contribution in [2.24, 2.45) is 11.3 Å². The Morgan fingerprint density at radius 2 is 1.77 bits per heavy atom. The number of aryl methyl sites for hydroxylation is 1. The zero-order chi connectivity index (χ0) is 20.9. The van der Waals surface area contributed by atoms with Crippen LogP contribution in [0.5, 0.6) is 0 Å². The Balaban J connectivity index is 1.32. The molecule has 0 radical (unpaired) electrons. The van der Waals surface area contributed by atoms with Crippen LogP contribution in [0.15, 0.2) is 42.5 Å². The molecule has 2 atom stereocenters. The molecule has 0 aromatic heterocycles. The van der Waals surface area contributed by atoms with Crippen molar-refractivity contribution >= 4 is 6.09 Å². The third-order valence-corrected chi connectivity index (χ3v) is 7.38. The van der Waals surface area contributed by atoms with Gasteiger partial charge in [-0.05, 0) is 72.9 Å². The molecule has 3 heterocycles. The van der Waals surface area contributed by atoms with E-state index >= 15 is 0 Å². The number of hydrogen-bond donors (Lipinski definition) is 1. The van der Waals surface area contributed by atoms with Crippen molar-refractivity contribution in [1.82, 2.24) is 10.2 Å². The molecular formula is C26H32N2O2. The first-order valence-corrected chi connectivity index (χ1v) is 11.3. The first-order valence-electron chi connectivity index (χ1n) is 11.3. The van der Waals surface area contributed by atoms with Crippen LogP contribution in [0.1, 0.15) is 49.4 Å². The number of alkyl carbamates (subject to hydrolysis) is 1. The summed E-state index contributed by atoms with van der Waals surface area (Å²) in [5.74, 6) is 0.529. The molecule has 158 valence electrons. The Kier molecular flexibility index (Phi) is 4.85. The molecule has 1 aliphatic carbocycles. The number of hydrogen-bond acceptors (Lipinski definition) is 3. The minimum atomic E-state index is -0.262. The number of ether oxygens (including phenoxy) is 1. The van der Waals surface area contributed by atoms with E-state index < -0.39 is 0 Å². The lowest BCUT2D eigenvalue weighted by atomic mass is 9.85. The normalized spacial score (nSPS) is 28.8. The summed E-state index contributed by atoms with van der Waals surface area (Å²) in [6.07, 6.45) is 3.03. The van der Waals surface area contributed by atoms with Crippen LogP contribution in [0.25, 0.3) is 11.1 Å². The molecule has 0 saturated carbocycles. The van der Waals surface area contributed by atoms with Gasteiger partial charge in [-0.25, -0.2) is 4.79 Å². The van der Waals surface area contributed by atoms with Crippen molar-refractivity contribution in [2.75, 3.05) is 19.6 Å². The molecule has 4 nitrogen and oxygen atoms in total. The van der Waals surface area contributed by atoms with Crippen LogP contribution in [-0.2, 0) is 11.2 Å². The van der Waals surface area contributed by atoms with Gasteiger partial charge in [-0.3, -0.25) is 4.90 Å². The highest BCUT2D eigenvalue weighted by atomic mass is 16.6. The number of nitrogens with zero attached hydrogens (tertiary/aromatic N) is 1. The zero-order valence-corrected chi connectivity index (χ0v) is 18.3. The number of nitrogens with one attached hydrogen (secondary N) is 1. The van der Waals surface area contributed by atoms with Crippen molar-refractivity contribution < 1.29 is 9.53 Å². The van der Waals surface area contributed by atoms with Gasteiger partial charge in [-0.1, -0.05) is 61.9 Å². The number of benzene rings is 2. The van der Waals surface area contributed by atoms with Crippen molar-refractivity contribution in [1.29, 1.82) is 0 Å². The quantitative estimate of drug-likeness (QED) is 0.773. The number of fused-ring (bicyclic) bond motifs is 4. The van der Waals surface area contributed by atoms with E-state index in [1.54, 1.807) is 0 Å². The monoisotopic (exact) mass is 404 g/mol. The van der Waals surface area contributed by atoms with Gasteiger partial charge < -0.3 is 10.1 Å². The molecule has 1 N–H and O–H groups in total. The highest BCUT2D eigenvalue weighted by Crippen LogP contribution is 2.46. The first kappa shape index (κ1) is 19.6. The van der Waals surface area contributed by atoms with Gasteiger partial charge in [0.2, 0.25) is 0 Å². The van der Waals surface area contributed by atoms with Gasteiger partial charge in [0.05, 0.1) is 6.04 Å². The molecule has 6 rings (SSSR count). The van der Waals surface area contributed by atoms with Gasteiger partial charge in [0.25, 0.3) is 0 Å². The fourth-order valence-corrected chi connectivity index (χ4v) is 5.59. The molecule has 1 amide bonds. The van der Waals surface area contributed by atoms with E-state index in [4.69, 9.17) is 4.74 Å². The zero-order valence-electron chi connectivity index (χ0n) is 18.3. The number of carbonyl (C=O) groups is 1. The Labute approximate surface area is 179 Å². The van der Waals surface area contributed by atoms with Crippen molar-refractivity contribution in [3.8, 4) is 11.1 Å². The fourth-order valence-electron chi connectivity index (χ4n) is 5.59. The lowest BCUT2D eigenvalue weighted by Gasteiger charge is -2.44. The van der Waals surface area contributed by atoms with Crippen LogP contribution in [0.3, 0.4) is 0 Å². The second-order valence-electron chi connectivity index (χ2n) is 10.1. The van der Waals surface area contributed by atoms with Crippen LogP contribution >= 0.6 is 0 Å². The lowest BCUT2D eigenvalue weighted by Crippen LogP contribution is -2.53.